The van der Waals surface area contributed by atoms with Crippen molar-refractivity contribution in [3.05, 3.63) is 76.6 Å². The van der Waals surface area contributed by atoms with E-state index in [1.165, 1.54) is 18.3 Å². The molecular weight excluding hydrogens is 367 g/mol. The number of aromatic nitrogens is 2. The first-order valence-electron chi connectivity index (χ1n) is 8.55. The molecule has 0 fully saturated rings. The van der Waals surface area contributed by atoms with Gasteiger partial charge in [-0.25, -0.2) is 9.97 Å². The minimum atomic E-state index is -4.40. The summed E-state index contributed by atoms with van der Waals surface area (Å²) in [6.45, 7) is 5.53. The minimum Gasteiger partial charge on any atom is -0.322 e. The summed E-state index contributed by atoms with van der Waals surface area (Å²) in [6.07, 6.45) is -3.01. The molecular formula is C21H18F3N3O. The summed E-state index contributed by atoms with van der Waals surface area (Å²) in [5.41, 5.74) is 3.17. The van der Waals surface area contributed by atoms with Crippen molar-refractivity contribution in [3.63, 3.8) is 0 Å². The number of nitrogens with zero attached hydrogens (tertiary/aromatic N) is 2. The summed E-state index contributed by atoms with van der Waals surface area (Å²) in [7, 11) is 0. The van der Waals surface area contributed by atoms with E-state index in [1.807, 2.05) is 32.0 Å². The van der Waals surface area contributed by atoms with E-state index in [0.29, 0.717) is 22.5 Å². The number of anilines is 1. The Morgan fingerprint density at radius 2 is 1.68 bits per heavy atom. The van der Waals surface area contributed by atoms with Crippen LogP contribution in [-0.4, -0.2) is 15.9 Å². The minimum absolute atomic E-state index is 0.259. The lowest BCUT2D eigenvalue weighted by molar-refractivity contribution is -0.137. The van der Waals surface area contributed by atoms with E-state index in [0.717, 1.165) is 23.3 Å². The van der Waals surface area contributed by atoms with Crippen LogP contribution in [0.3, 0.4) is 0 Å². The largest absolute Gasteiger partial charge is 0.416 e. The predicted molar refractivity (Wildman–Crippen MR) is 101 cm³/mol. The molecule has 3 rings (SSSR count). The van der Waals surface area contributed by atoms with Crippen molar-refractivity contribution in [2.75, 3.05) is 5.32 Å². The third-order valence-electron chi connectivity index (χ3n) is 4.32. The molecule has 0 unspecified atom stereocenters. The Kier molecular flexibility index (Phi) is 5.18. The maximum atomic E-state index is 12.7. The molecule has 1 amide bonds. The molecule has 1 N–H and O–H groups in total. The zero-order valence-electron chi connectivity index (χ0n) is 15.6. The number of aryl methyl sites for hydroxylation is 3. The molecule has 0 aliphatic heterocycles. The fourth-order valence-corrected chi connectivity index (χ4v) is 2.78. The molecule has 4 nitrogen and oxygen atoms in total. The lowest BCUT2D eigenvalue weighted by Gasteiger charge is -2.11. The fourth-order valence-electron chi connectivity index (χ4n) is 2.78. The van der Waals surface area contributed by atoms with Gasteiger partial charge < -0.3 is 5.32 Å². The number of carbonyl (C=O) groups excluding carboxylic acids is 1. The van der Waals surface area contributed by atoms with Crippen LogP contribution in [0.5, 0.6) is 0 Å². The average Bonchev–Trinajstić information content (AvgIpc) is 2.63. The molecule has 0 radical (unpaired) electrons. The molecule has 0 aliphatic carbocycles. The van der Waals surface area contributed by atoms with Gasteiger partial charge in [0.15, 0.2) is 5.82 Å². The average molecular weight is 385 g/mol. The second kappa shape index (κ2) is 7.42. The summed E-state index contributed by atoms with van der Waals surface area (Å²) in [5.74, 6) is -0.0855. The van der Waals surface area contributed by atoms with Crippen molar-refractivity contribution in [2.45, 2.75) is 26.9 Å². The van der Waals surface area contributed by atoms with Crippen molar-refractivity contribution in [2.24, 2.45) is 0 Å². The van der Waals surface area contributed by atoms with Gasteiger partial charge >= 0.3 is 6.18 Å². The van der Waals surface area contributed by atoms with Gasteiger partial charge in [-0.2, -0.15) is 13.2 Å². The number of alkyl halides is 3. The number of halogens is 3. The van der Waals surface area contributed by atoms with E-state index in [1.54, 1.807) is 6.92 Å². The zero-order valence-corrected chi connectivity index (χ0v) is 15.6. The van der Waals surface area contributed by atoms with Crippen molar-refractivity contribution < 1.29 is 18.0 Å². The Bertz CT molecular complexity index is 1030. The van der Waals surface area contributed by atoms with Crippen LogP contribution in [0, 0.1) is 20.8 Å². The summed E-state index contributed by atoms with van der Waals surface area (Å²) in [6, 6.07) is 10.3. The van der Waals surface area contributed by atoms with Gasteiger partial charge in [0, 0.05) is 17.4 Å². The van der Waals surface area contributed by atoms with Gasteiger partial charge in [-0.3, -0.25) is 4.79 Å². The number of amides is 1. The molecule has 3 aromatic rings. The summed E-state index contributed by atoms with van der Waals surface area (Å²) < 4.78 is 38.0. The van der Waals surface area contributed by atoms with Gasteiger partial charge in [-0.1, -0.05) is 29.8 Å². The Labute approximate surface area is 160 Å². The summed E-state index contributed by atoms with van der Waals surface area (Å²) in [4.78, 5) is 21.0. The van der Waals surface area contributed by atoms with Gasteiger partial charge in [-0.15, -0.1) is 0 Å². The lowest BCUT2D eigenvalue weighted by atomic mass is 10.1. The van der Waals surface area contributed by atoms with E-state index in [9.17, 15) is 18.0 Å². The Morgan fingerprint density at radius 3 is 2.25 bits per heavy atom. The van der Waals surface area contributed by atoms with Crippen molar-refractivity contribution in [1.29, 1.82) is 0 Å². The molecule has 0 atom stereocenters. The smallest absolute Gasteiger partial charge is 0.322 e. The predicted octanol–water partition coefficient (Wildman–Crippen LogP) is 5.34. The first-order chi connectivity index (χ1) is 13.1. The van der Waals surface area contributed by atoms with Gasteiger partial charge in [0.2, 0.25) is 0 Å². The van der Waals surface area contributed by atoms with E-state index in [-0.39, 0.29) is 11.7 Å². The van der Waals surface area contributed by atoms with Crippen LogP contribution in [0.4, 0.5) is 18.9 Å². The van der Waals surface area contributed by atoms with Gasteiger partial charge in [-0.05, 0) is 44.5 Å². The van der Waals surface area contributed by atoms with E-state index in [4.69, 9.17) is 0 Å². The number of benzene rings is 2. The van der Waals surface area contributed by atoms with Gasteiger partial charge in [0.25, 0.3) is 5.91 Å². The molecule has 144 valence electrons. The Hall–Kier alpha value is -3.22. The van der Waals surface area contributed by atoms with Crippen LogP contribution in [0.2, 0.25) is 0 Å². The SMILES string of the molecule is Cc1ccc(NC(=O)c2cnc(-c3ccc(C(F)(F)F)cc3)nc2C)c(C)c1. The Balaban J connectivity index is 1.83. The monoisotopic (exact) mass is 385 g/mol. The van der Waals surface area contributed by atoms with Gasteiger partial charge in [0.1, 0.15) is 0 Å². The first-order valence-corrected chi connectivity index (χ1v) is 8.55. The van der Waals surface area contributed by atoms with Gasteiger partial charge in [0.05, 0.1) is 16.8 Å². The molecule has 28 heavy (non-hydrogen) atoms. The highest BCUT2D eigenvalue weighted by Crippen LogP contribution is 2.30. The van der Waals surface area contributed by atoms with Crippen molar-refractivity contribution in [1.82, 2.24) is 9.97 Å². The molecule has 0 spiro atoms. The first kappa shape index (κ1) is 19.5. The third-order valence-corrected chi connectivity index (χ3v) is 4.32. The molecule has 0 bridgehead atoms. The Morgan fingerprint density at radius 1 is 1.00 bits per heavy atom. The normalized spacial score (nSPS) is 11.4. The van der Waals surface area contributed by atoms with E-state index >= 15 is 0 Å². The van der Waals surface area contributed by atoms with E-state index in [2.05, 4.69) is 15.3 Å². The van der Waals surface area contributed by atoms with Crippen LogP contribution >= 0.6 is 0 Å². The quantitative estimate of drug-likeness (QED) is 0.662. The summed E-state index contributed by atoms with van der Waals surface area (Å²) >= 11 is 0. The molecule has 0 saturated carbocycles. The number of hydrogen-bond acceptors (Lipinski definition) is 3. The van der Waals surface area contributed by atoms with Crippen LogP contribution in [0.15, 0.2) is 48.7 Å². The van der Waals surface area contributed by atoms with Crippen molar-refractivity contribution in [3.8, 4) is 11.4 Å². The number of nitrogens with one attached hydrogen (secondary N) is 1. The molecule has 0 saturated heterocycles. The standard InChI is InChI=1S/C21H18F3N3O/c1-12-4-9-18(13(2)10-12)27-20(28)17-11-25-19(26-14(17)3)15-5-7-16(8-6-15)21(22,23)24/h4-11H,1-3H3,(H,27,28). The molecule has 1 heterocycles. The van der Waals surface area contributed by atoms with Crippen LogP contribution in [0.1, 0.15) is 32.7 Å². The lowest BCUT2D eigenvalue weighted by Crippen LogP contribution is -2.15. The second-order valence-corrected chi connectivity index (χ2v) is 6.54. The molecule has 2 aromatic carbocycles. The maximum Gasteiger partial charge on any atom is 0.416 e. The number of rotatable bonds is 3. The number of hydrogen-bond donors (Lipinski definition) is 1. The van der Waals surface area contributed by atoms with E-state index < -0.39 is 11.7 Å². The maximum absolute atomic E-state index is 12.7. The van der Waals surface area contributed by atoms with Crippen molar-refractivity contribution >= 4 is 11.6 Å². The third kappa shape index (κ3) is 4.19. The zero-order chi connectivity index (χ0) is 20.5. The molecule has 1 aromatic heterocycles. The fraction of sp³-hybridized carbons (Fsp3) is 0.190. The number of carbonyl (C=O) groups is 1. The van der Waals surface area contributed by atoms with Crippen LogP contribution in [0.25, 0.3) is 11.4 Å². The topological polar surface area (TPSA) is 54.9 Å². The van der Waals surface area contributed by atoms with Crippen LogP contribution < -0.4 is 5.32 Å². The second-order valence-electron chi connectivity index (χ2n) is 6.54. The molecule has 7 heteroatoms. The highest BCUT2D eigenvalue weighted by Gasteiger charge is 2.30. The molecule has 0 aliphatic rings. The highest BCUT2D eigenvalue weighted by atomic mass is 19.4. The van der Waals surface area contributed by atoms with Crippen LogP contribution in [-0.2, 0) is 6.18 Å². The summed E-state index contributed by atoms with van der Waals surface area (Å²) in [5, 5.41) is 2.83. The highest BCUT2D eigenvalue weighted by molar-refractivity contribution is 6.05.